The van der Waals surface area contributed by atoms with Crippen LogP contribution in [0.25, 0.3) is 0 Å². The number of pyridine rings is 1. The molecule has 2 aromatic rings. The molecule has 1 aromatic carbocycles. The van der Waals surface area contributed by atoms with Crippen LogP contribution in [0.5, 0.6) is 11.5 Å². The normalized spacial score (nSPS) is 10.5. The lowest BCUT2D eigenvalue weighted by molar-refractivity contribution is 0.0769. The maximum absolute atomic E-state index is 14.3. The Morgan fingerprint density at radius 1 is 1.35 bits per heavy atom. The first-order valence-electron chi connectivity index (χ1n) is 7.04. The zero-order valence-corrected chi connectivity index (χ0v) is 15.0. The summed E-state index contributed by atoms with van der Waals surface area (Å²) < 4.78 is 20.3. The van der Waals surface area contributed by atoms with E-state index in [0.29, 0.717) is 28.5 Å². The third-order valence-electron chi connectivity index (χ3n) is 3.21. The summed E-state index contributed by atoms with van der Waals surface area (Å²) in [7, 11) is 0. The fraction of sp³-hybridized carbons (Fsp3) is 0.250. The number of carbonyl (C=O) groups is 1. The van der Waals surface area contributed by atoms with Crippen molar-refractivity contribution in [2.75, 3.05) is 13.1 Å². The van der Waals surface area contributed by atoms with Gasteiger partial charge < -0.3 is 9.64 Å². The highest BCUT2D eigenvalue weighted by atomic mass is 79.9. The van der Waals surface area contributed by atoms with E-state index in [1.54, 1.807) is 17.0 Å². The molecule has 0 N–H and O–H groups in total. The average molecular weight is 402 g/mol. The Labute approximate surface area is 147 Å². The van der Waals surface area contributed by atoms with E-state index in [2.05, 4.69) is 20.9 Å². The van der Waals surface area contributed by atoms with E-state index in [0.717, 1.165) is 0 Å². The molecule has 122 valence electrons. The molecule has 2 rings (SSSR count). The number of ether oxygens (including phenoxy) is 1. The molecular formula is C16H15BrClFN2O2. The molecule has 0 saturated carbocycles. The zero-order chi connectivity index (χ0) is 17.0. The van der Waals surface area contributed by atoms with Crippen LogP contribution >= 0.6 is 27.5 Å². The van der Waals surface area contributed by atoms with Crippen molar-refractivity contribution in [2.45, 2.75) is 13.8 Å². The lowest BCUT2D eigenvalue weighted by atomic mass is 10.1. The highest BCUT2D eigenvalue weighted by Gasteiger charge is 2.22. The van der Waals surface area contributed by atoms with Crippen LogP contribution in [-0.4, -0.2) is 28.9 Å². The summed E-state index contributed by atoms with van der Waals surface area (Å²) in [6.45, 7) is 4.76. The predicted octanol–water partition coefficient (Wildman–Crippen LogP) is 4.91. The SMILES string of the molecule is CCN(CC)C(=O)c1cc(Br)cc(F)c1Oc1ccc(Cl)nc1. The van der Waals surface area contributed by atoms with Gasteiger partial charge in [-0.2, -0.15) is 0 Å². The van der Waals surface area contributed by atoms with E-state index in [1.165, 1.54) is 18.3 Å². The number of benzene rings is 1. The standard InChI is InChI=1S/C16H15BrClFN2O2/c1-3-21(4-2)16(22)12-7-10(17)8-13(19)15(12)23-11-5-6-14(18)20-9-11/h5-9H,3-4H2,1-2H3. The van der Waals surface area contributed by atoms with Gasteiger partial charge in [-0.05, 0) is 38.1 Å². The number of rotatable bonds is 5. The molecule has 0 aliphatic heterocycles. The molecule has 0 fully saturated rings. The van der Waals surface area contributed by atoms with E-state index < -0.39 is 5.82 Å². The number of amides is 1. The van der Waals surface area contributed by atoms with Gasteiger partial charge in [0.1, 0.15) is 10.9 Å². The van der Waals surface area contributed by atoms with Crippen molar-refractivity contribution >= 4 is 33.4 Å². The Hall–Kier alpha value is -1.66. The second-order valence-corrected chi connectivity index (χ2v) is 5.96. The number of hydrogen-bond donors (Lipinski definition) is 0. The van der Waals surface area contributed by atoms with Crippen molar-refractivity contribution in [1.82, 2.24) is 9.88 Å². The highest BCUT2D eigenvalue weighted by molar-refractivity contribution is 9.10. The van der Waals surface area contributed by atoms with Gasteiger partial charge in [-0.1, -0.05) is 27.5 Å². The number of nitrogens with zero attached hydrogens (tertiary/aromatic N) is 2. The fourth-order valence-electron chi connectivity index (χ4n) is 2.04. The van der Waals surface area contributed by atoms with Crippen molar-refractivity contribution in [1.29, 1.82) is 0 Å². The molecule has 7 heteroatoms. The second-order valence-electron chi connectivity index (χ2n) is 4.66. The molecule has 1 amide bonds. The largest absolute Gasteiger partial charge is 0.452 e. The van der Waals surface area contributed by atoms with Gasteiger partial charge in [-0.25, -0.2) is 9.37 Å². The Balaban J connectivity index is 2.45. The summed E-state index contributed by atoms with van der Waals surface area (Å²) in [5.41, 5.74) is 0.149. The van der Waals surface area contributed by atoms with E-state index in [4.69, 9.17) is 16.3 Å². The van der Waals surface area contributed by atoms with Crippen LogP contribution in [-0.2, 0) is 0 Å². The molecule has 0 aliphatic rings. The van der Waals surface area contributed by atoms with Gasteiger partial charge in [0.15, 0.2) is 11.6 Å². The average Bonchev–Trinajstić information content (AvgIpc) is 2.52. The predicted molar refractivity (Wildman–Crippen MR) is 90.7 cm³/mol. The Bertz CT molecular complexity index is 706. The van der Waals surface area contributed by atoms with Gasteiger partial charge in [0.05, 0.1) is 11.8 Å². The third kappa shape index (κ3) is 4.20. The summed E-state index contributed by atoms with van der Waals surface area (Å²) in [5.74, 6) is -0.768. The second kappa shape index (κ2) is 7.75. The minimum absolute atomic E-state index is 0.130. The molecule has 4 nitrogen and oxygen atoms in total. The molecule has 0 aliphatic carbocycles. The van der Waals surface area contributed by atoms with Crippen molar-refractivity contribution in [3.8, 4) is 11.5 Å². The third-order valence-corrected chi connectivity index (χ3v) is 3.89. The van der Waals surface area contributed by atoms with Crippen LogP contribution in [0, 0.1) is 5.82 Å². The summed E-state index contributed by atoms with van der Waals surface area (Å²) >= 11 is 8.93. The number of hydrogen-bond acceptors (Lipinski definition) is 3. The van der Waals surface area contributed by atoms with Crippen LogP contribution in [0.1, 0.15) is 24.2 Å². The Morgan fingerprint density at radius 2 is 2.04 bits per heavy atom. The molecule has 23 heavy (non-hydrogen) atoms. The molecule has 0 atom stereocenters. The van der Waals surface area contributed by atoms with Gasteiger partial charge in [-0.15, -0.1) is 0 Å². The lowest BCUT2D eigenvalue weighted by Gasteiger charge is -2.21. The molecule has 0 radical (unpaired) electrons. The van der Waals surface area contributed by atoms with Crippen LogP contribution in [0.3, 0.4) is 0 Å². The summed E-state index contributed by atoms with van der Waals surface area (Å²) in [6, 6.07) is 5.88. The van der Waals surface area contributed by atoms with E-state index in [9.17, 15) is 9.18 Å². The minimum Gasteiger partial charge on any atom is -0.452 e. The van der Waals surface area contributed by atoms with Gasteiger partial charge >= 0.3 is 0 Å². The van der Waals surface area contributed by atoms with Crippen LogP contribution < -0.4 is 4.74 Å². The molecule has 0 bridgehead atoms. The monoisotopic (exact) mass is 400 g/mol. The molecule has 0 unspecified atom stereocenters. The van der Waals surface area contributed by atoms with Crippen molar-refractivity contribution in [3.63, 3.8) is 0 Å². The lowest BCUT2D eigenvalue weighted by Crippen LogP contribution is -2.30. The van der Waals surface area contributed by atoms with Crippen LogP contribution in [0.4, 0.5) is 4.39 Å². The molecule has 0 spiro atoms. The van der Waals surface area contributed by atoms with E-state index >= 15 is 0 Å². The van der Waals surface area contributed by atoms with Gasteiger partial charge in [-0.3, -0.25) is 4.79 Å². The molecule has 0 saturated heterocycles. The Kier molecular flexibility index (Phi) is 5.96. The van der Waals surface area contributed by atoms with Crippen molar-refractivity contribution < 1.29 is 13.9 Å². The van der Waals surface area contributed by atoms with Gasteiger partial charge in [0.25, 0.3) is 5.91 Å². The number of aromatic nitrogens is 1. The summed E-state index contributed by atoms with van der Waals surface area (Å²) in [4.78, 5) is 18.1. The van der Waals surface area contributed by atoms with Gasteiger partial charge in [0, 0.05) is 17.6 Å². The molecular weight excluding hydrogens is 387 g/mol. The first-order valence-corrected chi connectivity index (χ1v) is 8.21. The maximum atomic E-state index is 14.3. The summed E-state index contributed by atoms with van der Waals surface area (Å²) in [6.07, 6.45) is 1.37. The minimum atomic E-state index is -0.634. The van der Waals surface area contributed by atoms with Crippen LogP contribution in [0.2, 0.25) is 5.15 Å². The van der Waals surface area contributed by atoms with Crippen molar-refractivity contribution in [3.05, 3.63) is 51.5 Å². The first kappa shape index (κ1) is 17.7. The smallest absolute Gasteiger partial charge is 0.257 e. The quantitative estimate of drug-likeness (QED) is 0.669. The zero-order valence-electron chi connectivity index (χ0n) is 12.6. The molecule has 1 heterocycles. The van der Waals surface area contributed by atoms with Crippen molar-refractivity contribution in [2.24, 2.45) is 0 Å². The fourth-order valence-corrected chi connectivity index (χ4v) is 2.59. The Morgan fingerprint density at radius 3 is 2.61 bits per heavy atom. The van der Waals surface area contributed by atoms with Crippen LogP contribution in [0.15, 0.2) is 34.9 Å². The highest BCUT2D eigenvalue weighted by Crippen LogP contribution is 2.32. The maximum Gasteiger partial charge on any atom is 0.257 e. The van der Waals surface area contributed by atoms with Gasteiger partial charge in [0.2, 0.25) is 0 Å². The summed E-state index contributed by atoms with van der Waals surface area (Å²) in [5, 5.41) is 0.299. The number of carbonyl (C=O) groups excluding carboxylic acids is 1. The van der Waals surface area contributed by atoms with E-state index in [-0.39, 0.29) is 17.2 Å². The topological polar surface area (TPSA) is 42.4 Å². The first-order chi connectivity index (χ1) is 11.0. The van der Waals surface area contributed by atoms with E-state index in [1.807, 2.05) is 13.8 Å². The molecule has 1 aromatic heterocycles. The number of halogens is 3.